The van der Waals surface area contributed by atoms with Gasteiger partial charge in [-0.1, -0.05) is 18.2 Å². The van der Waals surface area contributed by atoms with Crippen molar-refractivity contribution in [3.8, 4) is 0 Å². The van der Waals surface area contributed by atoms with Gasteiger partial charge in [0, 0.05) is 5.69 Å². The molecule has 1 aromatic carbocycles. The molecule has 0 aliphatic carbocycles. The Labute approximate surface area is 166 Å². The molecule has 2 fully saturated rings. The summed E-state index contributed by atoms with van der Waals surface area (Å²) in [5.74, 6) is 0. The summed E-state index contributed by atoms with van der Waals surface area (Å²) in [7, 11) is 0. The fraction of sp³-hybridized carbons (Fsp3) is 0.667. The summed E-state index contributed by atoms with van der Waals surface area (Å²) >= 11 is 0. The van der Waals surface area contributed by atoms with Gasteiger partial charge in [0.15, 0.2) is 12.5 Å². The summed E-state index contributed by atoms with van der Waals surface area (Å²) in [4.78, 5) is 0. The zero-order valence-electron chi connectivity index (χ0n) is 15.4. The molecule has 0 aromatic heterocycles. The van der Waals surface area contributed by atoms with Gasteiger partial charge >= 0.3 is 0 Å². The van der Waals surface area contributed by atoms with Gasteiger partial charge in [-0.25, -0.2) is 0 Å². The third-order valence-electron chi connectivity index (χ3n) is 5.09. The van der Waals surface area contributed by atoms with E-state index in [0.29, 0.717) is 5.69 Å². The van der Waals surface area contributed by atoms with Crippen molar-refractivity contribution in [1.82, 2.24) is 0 Å². The Hall–Kier alpha value is -1.38. The van der Waals surface area contributed by atoms with E-state index in [1.165, 1.54) is 0 Å². The summed E-state index contributed by atoms with van der Waals surface area (Å²) in [6, 6.07) is 8.80. The second kappa shape index (κ2) is 9.62. The first-order valence-corrected chi connectivity index (χ1v) is 9.27. The summed E-state index contributed by atoms with van der Waals surface area (Å²) in [6.45, 7) is -1.23. The molecule has 10 unspecified atom stereocenters. The third-order valence-corrected chi connectivity index (χ3v) is 5.09. The van der Waals surface area contributed by atoms with Gasteiger partial charge in [-0.2, -0.15) is 0 Å². The molecule has 2 aliphatic rings. The van der Waals surface area contributed by atoms with E-state index in [1.807, 2.05) is 0 Å². The van der Waals surface area contributed by atoms with Gasteiger partial charge in [-0.05, 0) is 12.1 Å². The molecule has 0 radical (unpaired) electrons. The molecule has 3 rings (SSSR count). The van der Waals surface area contributed by atoms with Crippen molar-refractivity contribution in [3.05, 3.63) is 30.3 Å². The zero-order valence-corrected chi connectivity index (χ0v) is 15.4. The number of benzene rings is 1. The highest BCUT2D eigenvalue weighted by Gasteiger charge is 2.50. The molecule has 0 amide bonds. The standard InChI is InChI=1S/C18H27NO10/c20-6-9-11(22)12(23)15(26)18(28-9)29-16-10(7-21)27-17(14(25)13(16)24)19-8-4-2-1-3-5-8/h1-5,9-26H,6-7H2. The Balaban J connectivity index is 1.71. The topological polar surface area (TPSA) is 181 Å². The van der Waals surface area contributed by atoms with Gasteiger partial charge in [0.1, 0.15) is 48.8 Å². The minimum atomic E-state index is -1.70. The highest BCUT2D eigenvalue weighted by Crippen LogP contribution is 2.29. The molecule has 0 spiro atoms. The largest absolute Gasteiger partial charge is 0.394 e. The fourth-order valence-electron chi connectivity index (χ4n) is 3.41. The van der Waals surface area contributed by atoms with Gasteiger partial charge in [0.25, 0.3) is 0 Å². The maximum Gasteiger partial charge on any atom is 0.187 e. The van der Waals surface area contributed by atoms with Crippen LogP contribution in [0.3, 0.4) is 0 Å². The maximum absolute atomic E-state index is 10.5. The lowest BCUT2D eigenvalue weighted by molar-refractivity contribution is -0.340. The summed E-state index contributed by atoms with van der Waals surface area (Å²) in [5, 5.41) is 72.6. The van der Waals surface area contributed by atoms with Gasteiger partial charge in [-0.3, -0.25) is 0 Å². The molecule has 11 heteroatoms. The lowest BCUT2D eigenvalue weighted by atomic mass is 9.96. The van der Waals surface area contributed by atoms with Crippen LogP contribution < -0.4 is 5.32 Å². The monoisotopic (exact) mass is 417 g/mol. The minimum Gasteiger partial charge on any atom is -0.394 e. The Morgan fingerprint density at radius 1 is 0.759 bits per heavy atom. The quantitative estimate of drug-likeness (QED) is 0.232. The molecule has 2 heterocycles. The second-order valence-electron chi connectivity index (χ2n) is 7.07. The van der Waals surface area contributed by atoms with E-state index in [0.717, 1.165) is 0 Å². The lowest BCUT2D eigenvalue weighted by Gasteiger charge is -2.46. The van der Waals surface area contributed by atoms with Crippen LogP contribution in [0.25, 0.3) is 0 Å². The van der Waals surface area contributed by atoms with Crippen molar-refractivity contribution in [3.63, 3.8) is 0 Å². The number of hydrogen-bond acceptors (Lipinski definition) is 11. The van der Waals surface area contributed by atoms with Crippen LogP contribution in [-0.2, 0) is 14.2 Å². The molecule has 164 valence electrons. The highest BCUT2D eigenvalue weighted by atomic mass is 16.7. The third kappa shape index (κ3) is 4.70. The van der Waals surface area contributed by atoms with E-state index < -0.39 is 74.6 Å². The van der Waals surface area contributed by atoms with Gasteiger partial charge in [0.2, 0.25) is 0 Å². The van der Waals surface area contributed by atoms with E-state index in [1.54, 1.807) is 30.3 Å². The smallest absolute Gasteiger partial charge is 0.187 e. The fourth-order valence-corrected chi connectivity index (χ4v) is 3.41. The van der Waals surface area contributed by atoms with Crippen molar-refractivity contribution in [2.75, 3.05) is 18.5 Å². The Morgan fingerprint density at radius 3 is 2.03 bits per heavy atom. The van der Waals surface area contributed by atoms with Crippen LogP contribution in [-0.4, -0.2) is 110 Å². The average molecular weight is 417 g/mol. The number of hydrogen-bond donors (Lipinski definition) is 8. The number of aliphatic hydroxyl groups is 7. The number of rotatable bonds is 6. The van der Waals surface area contributed by atoms with Crippen LogP contribution >= 0.6 is 0 Å². The first-order chi connectivity index (χ1) is 13.9. The first kappa shape index (κ1) is 22.3. The van der Waals surface area contributed by atoms with Crippen molar-refractivity contribution in [2.45, 2.75) is 61.3 Å². The number of aliphatic hydroxyl groups excluding tert-OH is 7. The van der Waals surface area contributed by atoms with E-state index >= 15 is 0 Å². The second-order valence-corrected chi connectivity index (χ2v) is 7.07. The van der Waals surface area contributed by atoms with E-state index in [4.69, 9.17) is 14.2 Å². The number of para-hydroxylation sites is 1. The predicted molar refractivity (Wildman–Crippen MR) is 96.5 cm³/mol. The van der Waals surface area contributed by atoms with Crippen LogP contribution in [0, 0.1) is 0 Å². The molecule has 10 atom stereocenters. The van der Waals surface area contributed by atoms with Crippen LogP contribution in [0.1, 0.15) is 0 Å². The number of nitrogens with one attached hydrogen (secondary N) is 1. The summed E-state index contributed by atoms with van der Waals surface area (Å²) in [5.41, 5.74) is 0.619. The highest BCUT2D eigenvalue weighted by molar-refractivity contribution is 5.43. The van der Waals surface area contributed by atoms with E-state index in [2.05, 4.69) is 5.32 Å². The van der Waals surface area contributed by atoms with Crippen LogP contribution in [0.15, 0.2) is 30.3 Å². The van der Waals surface area contributed by atoms with Gasteiger partial charge < -0.3 is 55.3 Å². The molecule has 0 bridgehead atoms. The molecular weight excluding hydrogens is 390 g/mol. The van der Waals surface area contributed by atoms with E-state index in [9.17, 15) is 35.7 Å². The molecule has 29 heavy (non-hydrogen) atoms. The first-order valence-electron chi connectivity index (χ1n) is 9.27. The Kier molecular flexibility index (Phi) is 7.40. The van der Waals surface area contributed by atoms with E-state index in [-0.39, 0.29) is 0 Å². The maximum atomic E-state index is 10.5. The Bertz CT molecular complexity index is 632. The van der Waals surface area contributed by atoms with Crippen LogP contribution in [0.2, 0.25) is 0 Å². The summed E-state index contributed by atoms with van der Waals surface area (Å²) < 4.78 is 16.4. The van der Waals surface area contributed by atoms with Crippen molar-refractivity contribution >= 4 is 5.69 Å². The van der Waals surface area contributed by atoms with Gasteiger partial charge in [0.05, 0.1) is 13.2 Å². The average Bonchev–Trinajstić information content (AvgIpc) is 2.74. The summed E-state index contributed by atoms with van der Waals surface area (Å²) in [6.07, 6.45) is -14.2. The van der Waals surface area contributed by atoms with Crippen molar-refractivity contribution in [2.24, 2.45) is 0 Å². The molecular formula is C18H27NO10. The molecule has 11 nitrogen and oxygen atoms in total. The van der Waals surface area contributed by atoms with Crippen LogP contribution in [0.5, 0.6) is 0 Å². The Morgan fingerprint density at radius 2 is 1.41 bits per heavy atom. The van der Waals surface area contributed by atoms with Crippen molar-refractivity contribution < 1.29 is 50.0 Å². The normalized spacial score (nSPS) is 43.1. The molecule has 2 saturated heterocycles. The number of ether oxygens (including phenoxy) is 3. The molecule has 1 aromatic rings. The minimum absolute atomic E-state index is 0.584. The zero-order chi connectivity index (χ0) is 21.1. The predicted octanol–water partition coefficient (Wildman–Crippen LogP) is -3.28. The molecule has 8 N–H and O–H groups in total. The molecule has 0 saturated carbocycles. The van der Waals surface area contributed by atoms with Crippen LogP contribution in [0.4, 0.5) is 5.69 Å². The lowest BCUT2D eigenvalue weighted by Crippen LogP contribution is -2.65. The van der Waals surface area contributed by atoms with Gasteiger partial charge in [-0.15, -0.1) is 0 Å². The SMILES string of the molecule is OCC1OC(OC2C(CO)OC(Nc3ccccc3)C(O)C2O)C(O)C(O)C1O. The number of anilines is 1. The molecule has 2 aliphatic heterocycles. The van der Waals surface area contributed by atoms with Crippen molar-refractivity contribution in [1.29, 1.82) is 0 Å².